The van der Waals surface area contributed by atoms with Crippen molar-refractivity contribution in [3.05, 3.63) is 47.8 Å². The lowest BCUT2D eigenvalue weighted by Gasteiger charge is -2.23. The fraction of sp³-hybridized carbons (Fsp3) is 0.483. The monoisotopic (exact) mass is 546 g/mol. The number of ether oxygens (including phenoxy) is 1. The number of amides is 1. The molecule has 4 aliphatic rings. The maximum atomic E-state index is 13.0. The average Bonchev–Trinajstić information content (AvgIpc) is 3.84. The number of fused-ring (bicyclic) bond motifs is 4. The standard InChI is InChI=1S/C29H33N5O4S/c1-33-24-18-30-23-6-5-19(15-21(23)25(24)28(7-8-28)27(33)35)20-16-22(29(9-10-29)32-39(36)37)26(31-17-20)38-14-4-13-34-11-2-3-12-34/h5-6,15-18,32H,2-4,7-14H2,1H3,(H,36,37)/p-1. The summed E-state index contributed by atoms with van der Waals surface area (Å²) in [6.07, 6.45) is 10.1. The number of carbonyl (C=O) groups excluding carboxylic acids is 1. The highest BCUT2D eigenvalue weighted by Crippen LogP contribution is 2.59. The van der Waals surface area contributed by atoms with Crippen LogP contribution in [0.15, 0.2) is 36.7 Å². The minimum atomic E-state index is -2.40. The summed E-state index contributed by atoms with van der Waals surface area (Å²) in [5, 5.41) is 0.990. The van der Waals surface area contributed by atoms with Gasteiger partial charge in [-0.1, -0.05) is 6.07 Å². The number of nitrogens with zero attached hydrogens (tertiary/aromatic N) is 4. The summed E-state index contributed by atoms with van der Waals surface area (Å²) in [4.78, 5) is 26.6. The van der Waals surface area contributed by atoms with Gasteiger partial charge in [-0.05, 0) is 81.8 Å². The van der Waals surface area contributed by atoms with Crippen LogP contribution in [0.25, 0.3) is 22.0 Å². The Bertz CT molecular complexity index is 1500. The number of pyridine rings is 2. The van der Waals surface area contributed by atoms with E-state index in [1.165, 1.54) is 12.8 Å². The second kappa shape index (κ2) is 9.33. The van der Waals surface area contributed by atoms with Crippen LogP contribution in [0.2, 0.25) is 0 Å². The zero-order chi connectivity index (χ0) is 26.8. The van der Waals surface area contributed by atoms with Crippen LogP contribution in [0.3, 0.4) is 0 Å². The zero-order valence-corrected chi connectivity index (χ0v) is 22.9. The molecule has 0 radical (unpaired) electrons. The van der Waals surface area contributed by atoms with Crippen LogP contribution in [0, 0.1) is 0 Å². The van der Waals surface area contributed by atoms with Gasteiger partial charge in [0.25, 0.3) is 0 Å². The number of hydrogen-bond donors (Lipinski definition) is 1. The highest BCUT2D eigenvalue weighted by atomic mass is 32.2. The number of likely N-dealkylation sites (tertiary alicyclic amines) is 1. The maximum absolute atomic E-state index is 13.0. The second-order valence-corrected chi connectivity index (χ2v) is 12.1. The lowest BCUT2D eigenvalue weighted by atomic mass is 9.92. The summed E-state index contributed by atoms with van der Waals surface area (Å²) in [5.41, 5.74) is 4.32. The van der Waals surface area contributed by atoms with Gasteiger partial charge in [0.2, 0.25) is 11.8 Å². The Labute approximate surface area is 230 Å². The Kier molecular flexibility index (Phi) is 6.00. The highest BCUT2D eigenvalue weighted by molar-refractivity contribution is 7.77. The number of benzene rings is 1. The molecule has 1 saturated heterocycles. The zero-order valence-electron chi connectivity index (χ0n) is 22.1. The van der Waals surface area contributed by atoms with E-state index in [2.05, 4.69) is 20.7 Å². The molecule has 1 amide bonds. The van der Waals surface area contributed by atoms with Gasteiger partial charge >= 0.3 is 0 Å². The first-order chi connectivity index (χ1) is 18.9. The Hall–Kier alpha value is -2.92. The maximum Gasteiger partial charge on any atom is 0.237 e. The number of nitrogens with one attached hydrogen (secondary N) is 1. The quantitative estimate of drug-likeness (QED) is 0.323. The van der Waals surface area contributed by atoms with Gasteiger partial charge in [-0.3, -0.25) is 14.0 Å². The van der Waals surface area contributed by atoms with Crippen molar-refractivity contribution in [3.63, 3.8) is 0 Å². The van der Waals surface area contributed by atoms with Crippen LogP contribution in [-0.2, 0) is 27.0 Å². The van der Waals surface area contributed by atoms with Crippen molar-refractivity contribution in [3.8, 4) is 17.0 Å². The van der Waals surface area contributed by atoms with Crippen molar-refractivity contribution in [2.24, 2.45) is 0 Å². The van der Waals surface area contributed by atoms with E-state index in [0.29, 0.717) is 25.3 Å². The van der Waals surface area contributed by atoms with E-state index in [1.807, 2.05) is 31.4 Å². The molecule has 2 aliphatic heterocycles. The van der Waals surface area contributed by atoms with Crippen molar-refractivity contribution in [1.82, 2.24) is 19.6 Å². The van der Waals surface area contributed by atoms with Gasteiger partial charge < -0.3 is 19.1 Å². The topological polar surface area (TPSA) is 111 Å². The Morgan fingerprint density at radius 1 is 1.08 bits per heavy atom. The van der Waals surface area contributed by atoms with Crippen LogP contribution in [0.4, 0.5) is 5.69 Å². The third-order valence-electron chi connectivity index (χ3n) is 8.94. The molecular formula is C29H32N5O4S-. The number of aromatic nitrogens is 2. The number of likely N-dealkylation sites (N-methyl/N-ethyl adjacent to an activating group) is 1. The van der Waals surface area contributed by atoms with Crippen molar-refractivity contribution in [1.29, 1.82) is 0 Å². The Balaban J connectivity index is 1.23. The van der Waals surface area contributed by atoms with Gasteiger partial charge in [-0.25, -0.2) is 9.71 Å². The third-order valence-corrected chi connectivity index (χ3v) is 9.49. The van der Waals surface area contributed by atoms with Crippen molar-refractivity contribution < 1.29 is 18.3 Å². The Morgan fingerprint density at radius 3 is 2.59 bits per heavy atom. The molecule has 9 nitrogen and oxygen atoms in total. The summed E-state index contributed by atoms with van der Waals surface area (Å²) < 4.78 is 32.2. The minimum Gasteiger partial charge on any atom is -0.760 e. The summed E-state index contributed by atoms with van der Waals surface area (Å²) in [6, 6.07) is 8.11. The van der Waals surface area contributed by atoms with Gasteiger partial charge in [0, 0.05) is 53.1 Å². The Morgan fingerprint density at radius 2 is 1.87 bits per heavy atom. The van der Waals surface area contributed by atoms with Crippen molar-refractivity contribution >= 4 is 33.8 Å². The predicted octanol–water partition coefficient (Wildman–Crippen LogP) is 3.54. The number of anilines is 1. The van der Waals surface area contributed by atoms with Gasteiger partial charge in [0.1, 0.15) is 0 Å². The number of rotatable bonds is 9. The SMILES string of the molecule is CN1C(=O)C2(CC2)c2c1cnc1ccc(-c3cnc(OCCCN4CCCC4)c(C4(NS(=O)[O-])CC4)c3)cc21. The molecule has 1 N–H and O–H groups in total. The fourth-order valence-corrected chi connectivity index (χ4v) is 7.12. The molecule has 1 atom stereocenters. The lowest BCUT2D eigenvalue weighted by Crippen LogP contribution is -2.31. The molecular weight excluding hydrogens is 514 g/mol. The highest BCUT2D eigenvalue weighted by Gasteiger charge is 2.59. The average molecular weight is 547 g/mol. The summed E-state index contributed by atoms with van der Waals surface area (Å²) >= 11 is -2.40. The summed E-state index contributed by atoms with van der Waals surface area (Å²) in [6.45, 7) is 3.83. The van der Waals surface area contributed by atoms with Gasteiger partial charge in [-0.2, -0.15) is 0 Å². The molecule has 2 saturated carbocycles. The molecule has 1 unspecified atom stereocenters. The lowest BCUT2D eigenvalue weighted by molar-refractivity contribution is -0.119. The second-order valence-electron chi connectivity index (χ2n) is 11.4. The van der Waals surface area contributed by atoms with E-state index in [0.717, 1.165) is 77.7 Å². The van der Waals surface area contributed by atoms with E-state index < -0.39 is 22.2 Å². The van der Waals surface area contributed by atoms with Gasteiger partial charge in [-0.15, -0.1) is 0 Å². The molecule has 7 rings (SSSR count). The largest absolute Gasteiger partial charge is 0.760 e. The van der Waals surface area contributed by atoms with E-state index >= 15 is 0 Å². The predicted molar refractivity (Wildman–Crippen MR) is 148 cm³/mol. The first-order valence-corrected chi connectivity index (χ1v) is 14.9. The molecule has 10 heteroatoms. The van der Waals surface area contributed by atoms with Crippen molar-refractivity contribution in [2.75, 3.05) is 38.2 Å². The number of carbonyl (C=O) groups is 1. The van der Waals surface area contributed by atoms with E-state index in [-0.39, 0.29) is 5.91 Å². The third kappa shape index (κ3) is 4.25. The summed E-state index contributed by atoms with van der Waals surface area (Å²) in [5.74, 6) is 0.642. The van der Waals surface area contributed by atoms with Crippen molar-refractivity contribution in [2.45, 2.75) is 55.9 Å². The fourth-order valence-electron chi connectivity index (χ4n) is 6.49. The molecule has 0 bridgehead atoms. The van der Waals surface area contributed by atoms with Crippen LogP contribution in [0.5, 0.6) is 5.88 Å². The molecule has 3 fully saturated rings. The van der Waals surface area contributed by atoms with E-state index in [1.54, 1.807) is 11.1 Å². The number of hydrogen-bond acceptors (Lipinski definition) is 7. The van der Waals surface area contributed by atoms with Crippen LogP contribution < -0.4 is 14.4 Å². The van der Waals surface area contributed by atoms with Crippen LogP contribution in [0.1, 0.15) is 56.1 Å². The molecule has 2 aromatic heterocycles. The van der Waals surface area contributed by atoms with Crippen LogP contribution >= 0.6 is 0 Å². The normalized spacial score (nSPS) is 21.5. The molecule has 3 aromatic rings. The first-order valence-electron chi connectivity index (χ1n) is 13.8. The van der Waals surface area contributed by atoms with Gasteiger partial charge in [0.15, 0.2) is 0 Å². The molecule has 2 aliphatic carbocycles. The van der Waals surface area contributed by atoms with Gasteiger partial charge in [0.05, 0.1) is 35.0 Å². The first kappa shape index (κ1) is 25.1. The molecule has 1 aromatic carbocycles. The van der Waals surface area contributed by atoms with Crippen LogP contribution in [-0.4, -0.2) is 62.8 Å². The molecule has 39 heavy (non-hydrogen) atoms. The van der Waals surface area contributed by atoms with E-state index in [4.69, 9.17) is 9.72 Å². The van der Waals surface area contributed by atoms with E-state index in [9.17, 15) is 13.6 Å². The smallest absolute Gasteiger partial charge is 0.237 e. The minimum absolute atomic E-state index is 0.153. The molecule has 204 valence electrons. The molecule has 1 spiro atoms. The summed E-state index contributed by atoms with van der Waals surface area (Å²) in [7, 11) is 1.83. The molecule has 4 heterocycles.